The molecule has 1 saturated heterocycles. The van der Waals surface area contributed by atoms with E-state index in [1.54, 1.807) is 0 Å². The van der Waals surface area contributed by atoms with E-state index in [2.05, 4.69) is 19.2 Å². The van der Waals surface area contributed by atoms with Crippen LogP contribution in [0.2, 0.25) is 0 Å². The second-order valence-electron chi connectivity index (χ2n) is 6.24. The Morgan fingerprint density at radius 1 is 1.04 bits per heavy atom. The number of nitrogens with zero attached hydrogens (tertiary/aromatic N) is 2. The largest absolute Gasteiger partial charge is 0.353 e. The van der Waals surface area contributed by atoms with Crippen molar-refractivity contribution in [1.82, 2.24) is 15.1 Å². The summed E-state index contributed by atoms with van der Waals surface area (Å²) in [4.78, 5) is 39.1. The van der Waals surface area contributed by atoms with Crippen LogP contribution in [0.1, 0.15) is 59.3 Å². The molecule has 6 nitrogen and oxygen atoms in total. The lowest BCUT2D eigenvalue weighted by Gasteiger charge is -2.32. The Labute approximate surface area is 139 Å². The van der Waals surface area contributed by atoms with E-state index in [0.717, 1.165) is 38.8 Å². The Hall–Kier alpha value is -1.59. The van der Waals surface area contributed by atoms with Gasteiger partial charge in [0, 0.05) is 52.0 Å². The summed E-state index contributed by atoms with van der Waals surface area (Å²) in [6, 6.07) is 0.169. The van der Waals surface area contributed by atoms with E-state index in [1.807, 2.05) is 9.80 Å². The lowest BCUT2D eigenvalue weighted by molar-refractivity contribution is -0.137. The zero-order valence-electron chi connectivity index (χ0n) is 14.8. The maximum Gasteiger partial charge on any atom is 0.223 e. The molecule has 3 amide bonds. The summed E-state index contributed by atoms with van der Waals surface area (Å²) in [7, 11) is 0. The summed E-state index contributed by atoms with van der Waals surface area (Å²) < 4.78 is 0. The van der Waals surface area contributed by atoms with E-state index >= 15 is 0 Å². The lowest BCUT2D eigenvalue weighted by Crippen LogP contribution is -2.46. The van der Waals surface area contributed by atoms with Gasteiger partial charge in [0.1, 0.15) is 0 Å². The van der Waals surface area contributed by atoms with E-state index in [-0.39, 0.29) is 30.2 Å². The molecule has 0 aromatic rings. The minimum atomic E-state index is -0.0210. The number of amides is 3. The quantitative estimate of drug-likeness (QED) is 0.736. The summed E-state index contributed by atoms with van der Waals surface area (Å²) in [5.74, 6) is 0.107. The molecule has 1 N–H and O–H groups in total. The summed E-state index contributed by atoms with van der Waals surface area (Å²) in [5.41, 5.74) is 0. The summed E-state index contributed by atoms with van der Waals surface area (Å²) in [5, 5.41) is 2.90. The fraction of sp³-hybridized carbons (Fsp3) is 0.824. The predicted molar refractivity (Wildman–Crippen MR) is 89.8 cm³/mol. The smallest absolute Gasteiger partial charge is 0.223 e. The van der Waals surface area contributed by atoms with Gasteiger partial charge in [-0.25, -0.2) is 0 Å². The van der Waals surface area contributed by atoms with E-state index in [1.165, 1.54) is 6.92 Å². The monoisotopic (exact) mass is 325 g/mol. The molecule has 0 aliphatic carbocycles. The van der Waals surface area contributed by atoms with Crippen LogP contribution in [0.3, 0.4) is 0 Å². The number of nitrogens with one attached hydrogen (secondary N) is 1. The van der Waals surface area contributed by atoms with Gasteiger partial charge < -0.3 is 15.1 Å². The average molecular weight is 325 g/mol. The first-order valence-corrected chi connectivity index (χ1v) is 8.80. The molecule has 1 aliphatic rings. The Kier molecular flexibility index (Phi) is 8.66. The van der Waals surface area contributed by atoms with Gasteiger partial charge in [0.05, 0.1) is 0 Å². The molecule has 0 aromatic heterocycles. The van der Waals surface area contributed by atoms with Crippen molar-refractivity contribution in [1.29, 1.82) is 0 Å². The fourth-order valence-corrected chi connectivity index (χ4v) is 2.99. The van der Waals surface area contributed by atoms with Crippen molar-refractivity contribution in [2.24, 2.45) is 0 Å². The number of hydrogen-bond acceptors (Lipinski definition) is 3. The zero-order chi connectivity index (χ0) is 17.2. The minimum Gasteiger partial charge on any atom is -0.353 e. The third-order valence-electron chi connectivity index (χ3n) is 4.15. The van der Waals surface area contributed by atoms with Gasteiger partial charge in [-0.3, -0.25) is 14.4 Å². The maximum atomic E-state index is 12.2. The Balaban J connectivity index is 2.33. The topological polar surface area (TPSA) is 69.7 Å². The number of hydrogen-bond donors (Lipinski definition) is 1. The molecular formula is C17H31N3O3. The first-order chi connectivity index (χ1) is 11.0. The molecule has 0 radical (unpaired) electrons. The van der Waals surface area contributed by atoms with Gasteiger partial charge in [0.15, 0.2) is 0 Å². The van der Waals surface area contributed by atoms with Crippen LogP contribution in [0.5, 0.6) is 0 Å². The molecule has 23 heavy (non-hydrogen) atoms. The van der Waals surface area contributed by atoms with Crippen molar-refractivity contribution < 1.29 is 14.4 Å². The molecule has 0 saturated carbocycles. The Bertz CT molecular complexity index is 398. The highest BCUT2D eigenvalue weighted by molar-refractivity contribution is 5.84. The van der Waals surface area contributed by atoms with Crippen LogP contribution < -0.4 is 5.32 Å². The van der Waals surface area contributed by atoms with Gasteiger partial charge in [0.2, 0.25) is 17.7 Å². The van der Waals surface area contributed by atoms with E-state index < -0.39 is 0 Å². The van der Waals surface area contributed by atoms with Crippen molar-refractivity contribution >= 4 is 17.7 Å². The summed E-state index contributed by atoms with van der Waals surface area (Å²) in [6.45, 7) is 8.48. The molecule has 132 valence electrons. The van der Waals surface area contributed by atoms with Crippen molar-refractivity contribution in [2.45, 2.75) is 65.3 Å². The van der Waals surface area contributed by atoms with E-state index in [4.69, 9.17) is 0 Å². The number of rotatable bonds is 8. The standard InChI is InChI=1S/C17H31N3O3/c1-4-10-19(11-5-2)16(22)6-7-17(23)20-12-8-15(9-13-20)18-14(3)21/h15H,4-13H2,1-3H3,(H,18,21). The average Bonchev–Trinajstić information content (AvgIpc) is 2.52. The molecule has 0 spiro atoms. The number of likely N-dealkylation sites (tertiary alicyclic amines) is 1. The lowest BCUT2D eigenvalue weighted by atomic mass is 10.0. The highest BCUT2D eigenvalue weighted by Gasteiger charge is 2.24. The molecule has 1 aliphatic heterocycles. The molecule has 0 atom stereocenters. The number of carbonyl (C=O) groups excluding carboxylic acids is 3. The fourth-order valence-electron chi connectivity index (χ4n) is 2.99. The third kappa shape index (κ3) is 7.01. The summed E-state index contributed by atoms with van der Waals surface area (Å²) in [6.07, 6.45) is 4.04. The highest BCUT2D eigenvalue weighted by atomic mass is 16.2. The number of piperidine rings is 1. The van der Waals surface area contributed by atoms with Crippen LogP contribution in [0.4, 0.5) is 0 Å². The van der Waals surface area contributed by atoms with Crippen LogP contribution in [-0.4, -0.2) is 59.7 Å². The highest BCUT2D eigenvalue weighted by Crippen LogP contribution is 2.12. The normalized spacial score (nSPS) is 15.3. The Morgan fingerprint density at radius 3 is 2.09 bits per heavy atom. The Morgan fingerprint density at radius 2 is 1.61 bits per heavy atom. The number of carbonyl (C=O) groups is 3. The molecule has 0 bridgehead atoms. The van der Waals surface area contributed by atoms with Crippen LogP contribution in [-0.2, 0) is 14.4 Å². The zero-order valence-corrected chi connectivity index (χ0v) is 14.8. The van der Waals surface area contributed by atoms with Gasteiger partial charge in [0.25, 0.3) is 0 Å². The van der Waals surface area contributed by atoms with E-state index in [9.17, 15) is 14.4 Å². The first-order valence-electron chi connectivity index (χ1n) is 8.80. The molecule has 1 heterocycles. The van der Waals surface area contributed by atoms with Crippen LogP contribution in [0, 0.1) is 0 Å². The van der Waals surface area contributed by atoms with Gasteiger partial charge in [-0.15, -0.1) is 0 Å². The maximum absolute atomic E-state index is 12.2. The van der Waals surface area contributed by atoms with Gasteiger partial charge in [-0.2, -0.15) is 0 Å². The van der Waals surface area contributed by atoms with Crippen LogP contribution >= 0.6 is 0 Å². The van der Waals surface area contributed by atoms with Gasteiger partial charge >= 0.3 is 0 Å². The first kappa shape index (κ1) is 19.5. The molecule has 0 unspecified atom stereocenters. The minimum absolute atomic E-state index is 0.0210. The predicted octanol–water partition coefficient (Wildman–Crippen LogP) is 1.54. The van der Waals surface area contributed by atoms with Crippen molar-refractivity contribution in [2.75, 3.05) is 26.2 Å². The van der Waals surface area contributed by atoms with Crippen molar-refractivity contribution in [3.63, 3.8) is 0 Å². The second-order valence-corrected chi connectivity index (χ2v) is 6.24. The molecular weight excluding hydrogens is 294 g/mol. The van der Waals surface area contributed by atoms with Gasteiger partial charge in [-0.1, -0.05) is 13.8 Å². The molecule has 1 rings (SSSR count). The van der Waals surface area contributed by atoms with Gasteiger partial charge in [-0.05, 0) is 25.7 Å². The van der Waals surface area contributed by atoms with Crippen molar-refractivity contribution in [3.05, 3.63) is 0 Å². The second kappa shape index (κ2) is 10.2. The van der Waals surface area contributed by atoms with Crippen molar-refractivity contribution in [3.8, 4) is 0 Å². The third-order valence-corrected chi connectivity index (χ3v) is 4.15. The SMILES string of the molecule is CCCN(CCC)C(=O)CCC(=O)N1CCC(NC(C)=O)CC1. The van der Waals surface area contributed by atoms with Crippen LogP contribution in [0.25, 0.3) is 0 Å². The molecule has 0 aromatic carbocycles. The van der Waals surface area contributed by atoms with E-state index in [0.29, 0.717) is 19.5 Å². The van der Waals surface area contributed by atoms with Crippen LogP contribution in [0.15, 0.2) is 0 Å². The summed E-state index contributed by atoms with van der Waals surface area (Å²) >= 11 is 0. The molecule has 1 fully saturated rings. The molecule has 6 heteroatoms.